The molecule has 1 atom stereocenters. The average Bonchev–Trinajstić information content (AvgIpc) is 2.44. The number of nitrogens with one attached hydrogen (secondary N) is 1. The van der Waals surface area contributed by atoms with E-state index in [1.54, 1.807) is 0 Å². The molecule has 3 rings (SSSR count). The van der Waals surface area contributed by atoms with Crippen molar-refractivity contribution in [3.8, 4) is 0 Å². The fourth-order valence-electron chi connectivity index (χ4n) is 2.92. The number of pyridine rings is 1. The third-order valence-electron chi connectivity index (χ3n) is 4.27. The van der Waals surface area contributed by atoms with Gasteiger partial charge in [0.2, 0.25) is 0 Å². The van der Waals surface area contributed by atoms with E-state index in [-0.39, 0.29) is 6.04 Å². The van der Waals surface area contributed by atoms with E-state index in [1.165, 1.54) is 36.0 Å². The summed E-state index contributed by atoms with van der Waals surface area (Å²) in [6.07, 6.45) is 7.83. The van der Waals surface area contributed by atoms with Crippen LogP contribution in [-0.2, 0) is 0 Å². The molecule has 1 unspecified atom stereocenters. The maximum atomic E-state index is 4.12. The van der Waals surface area contributed by atoms with Crippen molar-refractivity contribution in [3.05, 3.63) is 65.5 Å². The summed E-state index contributed by atoms with van der Waals surface area (Å²) in [5, 5.41) is 3.59. The highest BCUT2D eigenvalue weighted by Crippen LogP contribution is 2.37. The molecule has 2 nitrogen and oxygen atoms in total. The zero-order valence-electron chi connectivity index (χ0n) is 12.0. The highest BCUT2D eigenvalue weighted by atomic mass is 14.9. The zero-order valence-corrected chi connectivity index (χ0v) is 12.0. The van der Waals surface area contributed by atoms with E-state index in [0.717, 1.165) is 12.5 Å². The Morgan fingerprint density at radius 2 is 1.95 bits per heavy atom. The lowest BCUT2D eigenvalue weighted by Crippen LogP contribution is -2.22. The molecule has 104 valence electrons. The van der Waals surface area contributed by atoms with Gasteiger partial charge in [-0.05, 0) is 54.1 Å². The second kappa shape index (κ2) is 6.19. The van der Waals surface area contributed by atoms with Crippen molar-refractivity contribution in [1.82, 2.24) is 10.3 Å². The molecule has 0 amide bonds. The van der Waals surface area contributed by atoms with Crippen LogP contribution >= 0.6 is 0 Å². The van der Waals surface area contributed by atoms with Gasteiger partial charge in [-0.15, -0.1) is 0 Å². The van der Waals surface area contributed by atoms with Gasteiger partial charge < -0.3 is 5.32 Å². The molecule has 1 N–H and O–H groups in total. The van der Waals surface area contributed by atoms with E-state index in [4.69, 9.17) is 0 Å². The number of benzene rings is 1. The third-order valence-corrected chi connectivity index (χ3v) is 4.27. The summed E-state index contributed by atoms with van der Waals surface area (Å²) in [5.41, 5.74) is 4.15. The summed E-state index contributed by atoms with van der Waals surface area (Å²) >= 11 is 0. The lowest BCUT2D eigenvalue weighted by Gasteiger charge is -2.27. The molecule has 2 aromatic rings. The molecule has 1 aliphatic rings. The Hall–Kier alpha value is -1.67. The van der Waals surface area contributed by atoms with E-state index in [1.807, 2.05) is 12.4 Å². The van der Waals surface area contributed by atoms with Crippen LogP contribution in [-0.4, -0.2) is 11.5 Å². The van der Waals surface area contributed by atoms with Gasteiger partial charge in [-0.2, -0.15) is 0 Å². The number of hydrogen-bond donors (Lipinski definition) is 1. The quantitative estimate of drug-likeness (QED) is 0.883. The Kier molecular flexibility index (Phi) is 4.12. The standard InChI is InChI=1S/C18H22N2/c1-2-20-18(15-9-11-19-12-10-15)17-8-4-7-16(13-17)14-5-3-6-14/h4,7-14,18,20H,2-3,5-6H2,1H3. The van der Waals surface area contributed by atoms with Gasteiger partial charge >= 0.3 is 0 Å². The molecule has 1 fully saturated rings. The van der Waals surface area contributed by atoms with Crippen LogP contribution in [0.15, 0.2) is 48.8 Å². The number of aromatic nitrogens is 1. The van der Waals surface area contributed by atoms with Crippen LogP contribution in [0.2, 0.25) is 0 Å². The third kappa shape index (κ3) is 2.75. The minimum atomic E-state index is 0.267. The van der Waals surface area contributed by atoms with Crippen molar-refractivity contribution >= 4 is 0 Å². The number of nitrogens with zero attached hydrogens (tertiary/aromatic N) is 1. The van der Waals surface area contributed by atoms with Gasteiger partial charge in [0.05, 0.1) is 6.04 Å². The molecular weight excluding hydrogens is 244 g/mol. The summed E-state index contributed by atoms with van der Waals surface area (Å²) in [6.45, 7) is 3.12. The molecule has 1 saturated carbocycles. The van der Waals surface area contributed by atoms with E-state index in [2.05, 4.69) is 53.6 Å². The first kappa shape index (κ1) is 13.3. The molecule has 1 aliphatic carbocycles. The summed E-state index contributed by atoms with van der Waals surface area (Å²) in [7, 11) is 0. The van der Waals surface area contributed by atoms with Gasteiger partial charge in [0, 0.05) is 12.4 Å². The smallest absolute Gasteiger partial charge is 0.0577 e. The first-order chi connectivity index (χ1) is 9.88. The van der Waals surface area contributed by atoms with Crippen LogP contribution in [0.1, 0.15) is 54.8 Å². The first-order valence-electron chi connectivity index (χ1n) is 7.61. The molecule has 0 saturated heterocycles. The molecule has 2 heteroatoms. The Morgan fingerprint density at radius 1 is 1.15 bits per heavy atom. The number of rotatable bonds is 5. The Balaban J connectivity index is 1.91. The van der Waals surface area contributed by atoms with E-state index in [9.17, 15) is 0 Å². The van der Waals surface area contributed by atoms with E-state index < -0.39 is 0 Å². The largest absolute Gasteiger partial charge is 0.307 e. The SMILES string of the molecule is CCNC(c1ccncc1)c1cccc(C2CCC2)c1. The molecule has 1 aromatic carbocycles. The van der Waals surface area contributed by atoms with Crippen molar-refractivity contribution in [2.75, 3.05) is 6.54 Å². The maximum absolute atomic E-state index is 4.12. The first-order valence-corrected chi connectivity index (χ1v) is 7.61. The number of hydrogen-bond acceptors (Lipinski definition) is 2. The summed E-state index contributed by atoms with van der Waals surface area (Å²) in [6, 6.07) is 13.6. The van der Waals surface area contributed by atoms with Crippen LogP contribution < -0.4 is 5.32 Å². The molecule has 1 heterocycles. The second-order valence-corrected chi connectivity index (χ2v) is 5.57. The summed E-state index contributed by atoms with van der Waals surface area (Å²) < 4.78 is 0. The predicted octanol–water partition coefficient (Wildman–Crippen LogP) is 4.05. The van der Waals surface area contributed by atoms with Crippen molar-refractivity contribution in [1.29, 1.82) is 0 Å². The maximum Gasteiger partial charge on any atom is 0.0577 e. The molecule has 1 aromatic heterocycles. The van der Waals surface area contributed by atoms with Gasteiger partial charge in [-0.1, -0.05) is 37.6 Å². The Labute approximate surface area is 121 Å². The minimum Gasteiger partial charge on any atom is -0.307 e. The van der Waals surface area contributed by atoms with Gasteiger partial charge in [0.1, 0.15) is 0 Å². The lowest BCUT2D eigenvalue weighted by molar-refractivity contribution is 0.419. The predicted molar refractivity (Wildman–Crippen MR) is 82.8 cm³/mol. The normalized spacial score (nSPS) is 16.6. The van der Waals surface area contributed by atoms with E-state index >= 15 is 0 Å². The van der Waals surface area contributed by atoms with Crippen molar-refractivity contribution in [2.24, 2.45) is 0 Å². The topological polar surface area (TPSA) is 24.9 Å². The highest BCUT2D eigenvalue weighted by Gasteiger charge is 2.21. The van der Waals surface area contributed by atoms with Gasteiger partial charge in [0.15, 0.2) is 0 Å². The highest BCUT2D eigenvalue weighted by molar-refractivity contribution is 5.35. The average molecular weight is 266 g/mol. The van der Waals surface area contributed by atoms with Crippen molar-refractivity contribution < 1.29 is 0 Å². The fourth-order valence-corrected chi connectivity index (χ4v) is 2.92. The van der Waals surface area contributed by atoms with Crippen LogP contribution in [0.25, 0.3) is 0 Å². The fraction of sp³-hybridized carbons (Fsp3) is 0.389. The zero-order chi connectivity index (χ0) is 13.8. The summed E-state index contributed by atoms with van der Waals surface area (Å²) in [5.74, 6) is 0.787. The van der Waals surface area contributed by atoms with Crippen LogP contribution in [0.3, 0.4) is 0 Å². The Morgan fingerprint density at radius 3 is 2.60 bits per heavy atom. The van der Waals surface area contributed by atoms with E-state index in [0.29, 0.717) is 0 Å². The second-order valence-electron chi connectivity index (χ2n) is 5.57. The molecule has 0 aliphatic heterocycles. The molecule has 0 spiro atoms. The van der Waals surface area contributed by atoms with Crippen molar-refractivity contribution in [3.63, 3.8) is 0 Å². The van der Waals surface area contributed by atoms with Gasteiger partial charge in [-0.3, -0.25) is 4.98 Å². The monoisotopic (exact) mass is 266 g/mol. The summed E-state index contributed by atoms with van der Waals surface area (Å²) in [4.78, 5) is 4.12. The van der Waals surface area contributed by atoms with Crippen LogP contribution in [0.5, 0.6) is 0 Å². The molecule has 20 heavy (non-hydrogen) atoms. The van der Waals surface area contributed by atoms with Crippen molar-refractivity contribution in [2.45, 2.75) is 38.1 Å². The van der Waals surface area contributed by atoms with Gasteiger partial charge in [0.25, 0.3) is 0 Å². The molecule has 0 radical (unpaired) electrons. The van der Waals surface area contributed by atoms with Crippen LogP contribution in [0, 0.1) is 0 Å². The molecular formula is C18H22N2. The van der Waals surface area contributed by atoms with Gasteiger partial charge in [-0.25, -0.2) is 0 Å². The Bertz CT molecular complexity index is 546. The minimum absolute atomic E-state index is 0.267. The molecule has 0 bridgehead atoms. The lowest BCUT2D eigenvalue weighted by atomic mass is 9.79. The van der Waals surface area contributed by atoms with Crippen LogP contribution in [0.4, 0.5) is 0 Å².